The first-order chi connectivity index (χ1) is 10.5. The van der Waals surface area contributed by atoms with Crippen molar-refractivity contribution in [2.45, 2.75) is 37.5 Å². The number of benzene rings is 1. The summed E-state index contributed by atoms with van der Waals surface area (Å²) in [6, 6.07) is 5.48. The van der Waals surface area contributed by atoms with Gasteiger partial charge in [-0.2, -0.15) is 9.57 Å². The summed E-state index contributed by atoms with van der Waals surface area (Å²) in [6.45, 7) is -0.00738. The highest BCUT2D eigenvalue weighted by molar-refractivity contribution is 7.88. The fourth-order valence-electron chi connectivity index (χ4n) is 2.77. The fourth-order valence-corrected chi connectivity index (χ4v) is 4.49. The molecular weight excluding hydrogens is 303 g/mol. The van der Waals surface area contributed by atoms with Gasteiger partial charge in [-0.25, -0.2) is 12.8 Å². The molecule has 0 amide bonds. The molecule has 0 spiro atoms. The molecule has 1 fully saturated rings. The first kappa shape index (κ1) is 16.5. The Labute approximate surface area is 130 Å². The SMILES string of the molecule is C#CCN(C1CCCC1)S(=O)(=O)Cc1cc(C#N)ccc1F. The molecule has 116 valence electrons. The molecule has 6 heteroatoms. The molecule has 1 aliphatic rings. The fraction of sp³-hybridized carbons (Fsp3) is 0.438. The van der Waals surface area contributed by atoms with Crippen LogP contribution < -0.4 is 0 Å². The number of halogens is 1. The smallest absolute Gasteiger partial charge is 0.212 e. The van der Waals surface area contributed by atoms with Crippen LogP contribution in [0.4, 0.5) is 4.39 Å². The lowest BCUT2D eigenvalue weighted by atomic mass is 10.1. The predicted molar refractivity (Wildman–Crippen MR) is 81.5 cm³/mol. The average Bonchev–Trinajstić information content (AvgIpc) is 3.00. The van der Waals surface area contributed by atoms with E-state index in [2.05, 4.69) is 5.92 Å². The van der Waals surface area contributed by atoms with Crippen molar-refractivity contribution in [2.75, 3.05) is 6.54 Å². The number of hydrogen-bond donors (Lipinski definition) is 0. The van der Waals surface area contributed by atoms with Crippen LogP contribution in [0.15, 0.2) is 18.2 Å². The van der Waals surface area contributed by atoms with E-state index >= 15 is 0 Å². The summed E-state index contributed by atoms with van der Waals surface area (Å²) < 4.78 is 40.4. The Morgan fingerprint density at radius 1 is 1.36 bits per heavy atom. The first-order valence-corrected chi connectivity index (χ1v) is 8.70. The number of sulfonamides is 1. The number of nitrogens with zero attached hydrogens (tertiary/aromatic N) is 2. The quantitative estimate of drug-likeness (QED) is 0.783. The minimum atomic E-state index is -3.73. The third-order valence-corrected chi connectivity index (χ3v) is 5.67. The van der Waals surface area contributed by atoms with Crippen molar-refractivity contribution in [3.63, 3.8) is 0 Å². The van der Waals surface area contributed by atoms with E-state index in [0.29, 0.717) is 0 Å². The van der Waals surface area contributed by atoms with Gasteiger partial charge in [0.15, 0.2) is 0 Å². The number of terminal acetylenes is 1. The van der Waals surface area contributed by atoms with Crippen LogP contribution in [-0.2, 0) is 15.8 Å². The van der Waals surface area contributed by atoms with Gasteiger partial charge < -0.3 is 0 Å². The van der Waals surface area contributed by atoms with Crippen LogP contribution in [0.3, 0.4) is 0 Å². The molecule has 0 aliphatic heterocycles. The Morgan fingerprint density at radius 2 is 2.05 bits per heavy atom. The van der Waals surface area contributed by atoms with Gasteiger partial charge in [0.1, 0.15) is 5.82 Å². The first-order valence-electron chi connectivity index (χ1n) is 7.09. The lowest BCUT2D eigenvalue weighted by molar-refractivity contribution is 0.350. The Kier molecular flexibility index (Phi) is 5.18. The monoisotopic (exact) mass is 320 g/mol. The van der Waals surface area contributed by atoms with Gasteiger partial charge in [0.2, 0.25) is 10.0 Å². The maximum Gasteiger partial charge on any atom is 0.219 e. The second-order valence-electron chi connectivity index (χ2n) is 5.36. The lowest BCUT2D eigenvalue weighted by Crippen LogP contribution is -2.39. The van der Waals surface area contributed by atoms with Crippen LogP contribution in [0.25, 0.3) is 0 Å². The third-order valence-electron chi connectivity index (χ3n) is 3.85. The van der Waals surface area contributed by atoms with Crippen LogP contribution in [0, 0.1) is 29.5 Å². The van der Waals surface area contributed by atoms with Gasteiger partial charge >= 0.3 is 0 Å². The van der Waals surface area contributed by atoms with Crippen molar-refractivity contribution in [2.24, 2.45) is 0 Å². The molecule has 0 saturated heterocycles. The second-order valence-corrected chi connectivity index (χ2v) is 7.28. The van der Waals surface area contributed by atoms with Gasteiger partial charge in [0.25, 0.3) is 0 Å². The van der Waals surface area contributed by atoms with E-state index in [0.717, 1.165) is 31.7 Å². The largest absolute Gasteiger partial charge is 0.219 e. The van der Waals surface area contributed by atoms with Crippen LogP contribution in [0.2, 0.25) is 0 Å². The maximum absolute atomic E-state index is 13.8. The molecule has 0 aromatic heterocycles. The highest BCUT2D eigenvalue weighted by Gasteiger charge is 2.32. The van der Waals surface area contributed by atoms with Gasteiger partial charge in [-0.05, 0) is 31.0 Å². The molecule has 0 N–H and O–H groups in total. The van der Waals surface area contributed by atoms with E-state index in [4.69, 9.17) is 11.7 Å². The van der Waals surface area contributed by atoms with Gasteiger partial charge in [0.05, 0.1) is 23.9 Å². The highest BCUT2D eigenvalue weighted by atomic mass is 32.2. The third kappa shape index (κ3) is 3.65. The summed E-state index contributed by atoms with van der Waals surface area (Å²) >= 11 is 0. The molecule has 0 unspecified atom stereocenters. The van der Waals surface area contributed by atoms with Gasteiger partial charge in [-0.15, -0.1) is 6.42 Å². The zero-order chi connectivity index (χ0) is 16.2. The molecule has 1 aromatic carbocycles. The Morgan fingerprint density at radius 3 is 2.64 bits per heavy atom. The number of rotatable bonds is 5. The molecular formula is C16H17FN2O2S. The van der Waals surface area contributed by atoms with E-state index in [-0.39, 0.29) is 23.7 Å². The van der Waals surface area contributed by atoms with Gasteiger partial charge in [-0.3, -0.25) is 0 Å². The Hall–Kier alpha value is -1.89. The van der Waals surface area contributed by atoms with Crippen molar-refractivity contribution < 1.29 is 12.8 Å². The molecule has 22 heavy (non-hydrogen) atoms. The summed E-state index contributed by atoms with van der Waals surface area (Å²) in [5, 5.41) is 8.86. The molecule has 1 aromatic rings. The van der Waals surface area contributed by atoms with Gasteiger partial charge in [0, 0.05) is 11.6 Å². The molecule has 0 atom stereocenters. The summed E-state index contributed by atoms with van der Waals surface area (Å²) in [5.74, 6) is 1.26. The average molecular weight is 320 g/mol. The van der Waals surface area contributed by atoms with E-state index in [1.165, 1.54) is 16.4 Å². The summed E-state index contributed by atoms with van der Waals surface area (Å²) in [4.78, 5) is 0. The minimum Gasteiger partial charge on any atom is -0.212 e. The summed E-state index contributed by atoms with van der Waals surface area (Å²) in [5.41, 5.74) is 0.232. The highest BCUT2D eigenvalue weighted by Crippen LogP contribution is 2.27. The van der Waals surface area contributed by atoms with Crippen molar-refractivity contribution in [1.29, 1.82) is 5.26 Å². The molecule has 1 aliphatic carbocycles. The van der Waals surface area contributed by atoms with Crippen LogP contribution >= 0.6 is 0 Å². The van der Waals surface area contributed by atoms with E-state index in [1.54, 1.807) is 0 Å². The Bertz CT molecular complexity index is 725. The molecule has 0 radical (unpaired) electrons. The zero-order valence-corrected chi connectivity index (χ0v) is 12.9. The molecule has 2 rings (SSSR count). The topological polar surface area (TPSA) is 61.2 Å². The molecule has 0 heterocycles. The summed E-state index contributed by atoms with van der Waals surface area (Å²) in [6.07, 6.45) is 8.79. The normalized spacial score (nSPS) is 15.6. The van der Waals surface area contributed by atoms with Crippen molar-refractivity contribution >= 4 is 10.0 Å². The van der Waals surface area contributed by atoms with Gasteiger partial charge in [-0.1, -0.05) is 18.8 Å². The zero-order valence-electron chi connectivity index (χ0n) is 12.1. The van der Waals surface area contributed by atoms with Crippen molar-refractivity contribution in [3.05, 3.63) is 35.1 Å². The second kappa shape index (κ2) is 6.91. The lowest BCUT2D eigenvalue weighted by Gasteiger charge is -2.26. The van der Waals surface area contributed by atoms with E-state index in [9.17, 15) is 12.8 Å². The summed E-state index contributed by atoms with van der Waals surface area (Å²) in [7, 11) is -3.73. The predicted octanol–water partition coefficient (Wildman–Crippen LogP) is 2.40. The Balaban J connectivity index is 2.29. The van der Waals surface area contributed by atoms with Crippen molar-refractivity contribution in [1.82, 2.24) is 4.31 Å². The van der Waals surface area contributed by atoms with E-state index < -0.39 is 21.6 Å². The molecule has 1 saturated carbocycles. The van der Waals surface area contributed by atoms with Crippen LogP contribution in [-0.4, -0.2) is 25.3 Å². The van der Waals surface area contributed by atoms with Crippen LogP contribution in [0.5, 0.6) is 0 Å². The number of nitriles is 1. The standard InChI is InChI=1S/C16H17FN2O2S/c1-2-9-19(15-5-3-4-6-15)22(20,21)12-14-10-13(11-18)7-8-16(14)17/h1,7-8,10,15H,3-6,9,12H2. The van der Waals surface area contributed by atoms with Crippen LogP contribution in [0.1, 0.15) is 36.8 Å². The minimum absolute atomic E-state index is 0.000863. The number of hydrogen-bond acceptors (Lipinski definition) is 3. The maximum atomic E-state index is 13.8. The van der Waals surface area contributed by atoms with E-state index in [1.807, 2.05) is 6.07 Å². The molecule has 4 nitrogen and oxygen atoms in total. The molecule has 0 bridgehead atoms. The van der Waals surface area contributed by atoms with Crippen molar-refractivity contribution in [3.8, 4) is 18.4 Å².